The molecule has 0 aliphatic rings. The average molecular weight is 440 g/mol. The molecule has 0 aliphatic carbocycles. The van der Waals surface area contributed by atoms with Crippen molar-refractivity contribution in [2.75, 3.05) is 0 Å². The van der Waals surface area contributed by atoms with Crippen LogP contribution in [0, 0.1) is 13.0 Å². The van der Waals surface area contributed by atoms with Crippen molar-refractivity contribution in [3.8, 4) is 5.75 Å². The Morgan fingerprint density at radius 3 is 2.17 bits per heavy atom. The van der Waals surface area contributed by atoms with E-state index in [0.29, 0.717) is 0 Å². The largest absolute Gasteiger partial charge is 1.00 e. The normalized spacial score (nSPS) is 10.7. The van der Waals surface area contributed by atoms with Gasteiger partial charge >= 0.3 is 36.2 Å². The van der Waals surface area contributed by atoms with Crippen molar-refractivity contribution in [1.82, 2.24) is 4.83 Å². The first kappa shape index (κ1) is 25.8. The molecule has 0 atom stereocenters. The molecule has 0 spiro atoms. The van der Waals surface area contributed by atoms with Crippen LogP contribution in [0.3, 0.4) is 0 Å². The van der Waals surface area contributed by atoms with Gasteiger partial charge in [-0.15, -0.1) is 12.1 Å². The Kier molecular flexibility index (Phi) is 11.3. The van der Waals surface area contributed by atoms with Crippen molar-refractivity contribution < 1.29 is 51.5 Å². The zero-order chi connectivity index (χ0) is 21.1. The maximum Gasteiger partial charge on any atom is 1.00 e. The van der Waals surface area contributed by atoms with Crippen LogP contribution in [0.4, 0.5) is 8.78 Å². The minimum atomic E-state index is -3.60. The van der Waals surface area contributed by atoms with Gasteiger partial charge in [-0.05, 0) is 24.6 Å². The molecule has 0 saturated heterocycles. The number of rotatable bonds is 6. The Bertz CT molecular complexity index is 1000. The molecule has 0 amide bonds. The quantitative estimate of drug-likeness (QED) is 0.273. The van der Waals surface area contributed by atoms with E-state index < -0.39 is 16.6 Å². The van der Waals surface area contributed by atoms with Crippen molar-refractivity contribution in [2.45, 2.75) is 18.4 Å². The average Bonchev–Trinajstić information content (AvgIpc) is 2.70. The van der Waals surface area contributed by atoms with Gasteiger partial charge in [0.1, 0.15) is 0 Å². The number of nitrogens with zero attached hydrogens (tertiary/aromatic N) is 1. The fraction of sp³-hybridized carbons (Fsp3) is 0.0952. The number of hydrazone groups is 1. The zero-order valence-corrected chi connectivity index (χ0v) is 19.3. The number of sulfonamides is 1. The van der Waals surface area contributed by atoms with Crippen LogP contribution in [0.1, 0.15) is 11.1 Å². The van der Waals surface area contributed by atoms with E-state index >= 15 is 0 Å². The van der Waals surface area contributed by atoms with E-state index in [0.717, 1.165) is 11.1 Å². The Labute approximate surface area is 197 Å². The van der Waals surface area contributed by atoms with Crippen LogP contribution < -0.4 is 39.1 Å². The summed E-state index contributed by atoms with van der Waals surface area (Å²) < 4.78 is 50.9. The Hall–Kier alpha value is -2.26. The summed E-state index contributed by atoms with van der Waals surface area (Å²) in [5.41, 5.74) is 1.83. The minimum Gasteiger partial charge on any atom is -0.462 e. The van der Waals surface area contributed by atoms with Crippen LogP contribution in [-0.2, 0) is 10.0 Å². The molecular formula is C21H19F2N2NaO3S. The second-order valence-corrected chi connectivity index (χ2v) is 7.35. The number of hydrogen-bond donors (Lipinski definition) is 1. The number of alkyl halides is 2. The fourth-order valence-corrected chi connectivity index (χ4v) is 2.82. The van der Waals surface area contributed by atoms with E-state index in [4.69, 9.17) is 0 Å². The number of halogens is 2. The predicted octanol–water partition coefficient (Wildman–Crippen LogP) is 1.40. The molecular weight excluding hydrogens is 421 g/mol. The molecule has 0 aromatic heterocycles. The first-order chi connectivity index (χ1) is 13.9. The van der Waals surface area contributed by atoms with E-state index in [1.807, 2.05) is 37.3 Å². The van der Waals surface area contributed by atoms with Gasteiger partial charge in [0.15, 0.2) is 0 Å². The Morgan fingerprint density at radius 1 is 1.00 bits per heavy atom. The predicted molar refractivity (Wildman–Crippen MR) is 107 cm³/mol. The Morgan fingerprint density at radius 2 is 1.60 bits per heavy atom. The molecule has 0 bridgehead atoms. The van der Waals surface area contributed by atoms with E-state index in [1.54, 1.807) is 24.3 Å². The van der Waals surface area contributed by atoms with Gasteiger partial charge in [0.25, 0.3) is 10.0 Å². The summed E-state index contributed by atoms with van der Waals surface area (Å²) in [5, 5.41) is 3.75. The topological polar surface area (TPSA) is 67.8 Å². The summed E-state index contributed by atoms with van der Waals surface area (Å²) in [6.07, 6.45) is 1.46. The molecule has 30 heavy (non-hydrogen) atoms. The zero-order valence-electron chi connectivity index (χ0n) is 16.5. The third kappa shape index (κ3) is 9.49. The molecule has 3 aromatic rings. The number of aryl methyl sites for hydroxylation is 1. The van der Waals surface area contributed by atoms with Crippen molar-refractivity contribution in [1.29, 1.82) is 0 Å². The monoisotopic (exact) mass is 440 g/mol. The maximum atomic E-state index is 11.9. The summed E-state index contributed by atoms with van der Waals surface area (Å²) in [5.74, 6) is 0.161. The van der Waals surface area contributed by atoms with Gasteiger partial charge in [0.05, 0.1) is 11.1 Å². The molecule has 0 radical (unpaired) electrons. The van der Waals surface area contributed by atoms with Crippen LogP contribution in [-0.4, -0.2) is 21.2 Å². The first-order valence-electron chi connectivity index (χ1n) is 8.44. The van der Waals surface area contributed by atoms with E-state index in [1.165, 1.54) is 30.5 Å². The minimum absolute atomic E-state index is 0. The number of hydrogen-bond acceptors (Lipinski definition) is 4. The molecule has 0 saturated carbocycles. The SMILES string of the molecule is Cc1ccc(S(=O)(=O)NN=Cc2ccccc2)cc1.FC(F)Oc1cc[c-]cc1.[Na+]. The second-order valence-electron chi connectivity index (χ2n) is 5.69. The standard InChI is InChI=1S/C14H14N2O2S.C7H5F2O.Na/c1-12-7-9-14(10-8-12)19(17,18)16-15-11-13-5-3-2-4-6-13;8-7(9)10-6-4-2-1-3-5-6;/h2-11,16H,1H3;2-5,7H;/q;-1;+1. The third-order valence-electron chi connectivity index (χ3n) is 3.43. The van der Waals surface area contributed by atoms with Gasteiger partial charge in [-0.2, -0.15) is 40.5 Å². The summed E-state index contributed by atoms with van der Waals surface area (Å²) in [6.45, 7) is -0.848. The molecule has 0 fully saturated rings. The molecule has 3 aromatic carbocycles. The van der Waals surface area contributed by atoms with Gasteiger partial charge in [-0.1, -0.05) is 48.0 Å². The molecule has 9 heteroatoms. The molecule has 1 N–H and O–H groups in total. The number of nitrogens with one attached hydrogen (secondary N) is 1. The van der Waals surface area contributed by atoms with Crippen molar-refractivity contribution >= 4 is 16.2 Å². The summed E-state index contributed by atoms with van der Waals surface area (Å²) in [4.78, 5) is 2.38. The maximum absolute atomic E-state index is 11.9. The fourth-order valence-electron chi connectivity index (χ4n) is 2.03. The first-order valence-corrected chi connectivity index (χ1v) is 9.92. The molecule has 0 unspecified atom stereocenters. The van der Waals surface area contributed by atoms with Crippen LogP contribution in [0.25, 0.3) is 0 Å². The molecule has 0 aliphatic heterocycles. The van der Waals surface area contributed by atoms with Gasteiger partial charge in [0.2, 0.25) is 0 Å². The smallest absolute Gasteiger partial charge is 0.462 e. The van der Waals surface area contributed by atoms with Crippen LogP contribution in [0.5, 0.6) is 5.75 Å². The van der Waals surface area contributed by atoms with Crippen LogP contribution >= 0.6 is 0 Å². The summed E-state index contributed by atoms with van der Waals surface area (Å²) in [7, 11) is -3.60. The van der Waals surface area contributed by atoms with E-state index in [-0.39, 0.29) is 40.2 Å². The molecule has 152 valence electrons. The van der Waals surface area contributed by atoms with Gasteiger partial charge in [-0.3, -0.25) is 0 Å². The van der Waals surface area contributed by atoms with E-state index in [9.17, 15) is 17.2 Å². The van der Waals surface area contributed by atoms with Crippen molar-refractivity contribution in [3.63, 3.8) is 0 Å². The van der Waals surface area contributed by atoms with E-state index in [2.05, 4.69) is 20.7 Å². The molecule has 0 heterocycles. The van der Waals surface area contributed by atoms with Gasteiger partial charge < -0.3 is 4.74 Å². The van der Waals surface area contributed by atoms with Gasteiger partial charge in [0, 0.05) is 5.75 Å². The molecule has 3 rings (SSSR count). The number of benzene rings is 3. The van der Waals surface area contributed by atoms with Gasteiger partial charge in [-0.25, -0.2) is 4.83 Å². The second kappa shape index (κ2) is 13.1. The van der Waals surface area contributed by atoms with Crippen LogP contribution in [0.15, 0.2) is 88.9 Å². The van der Waals surface area contributed by atoms with Crippen molar-refractivity contribution in [3.05, 3.63) is 96.1 Å². The summed E-state index contributed by atoms with van der Waals surface area (Å²) in [6, 6.07) is 24.4. The van der Waals surface area contributed by atoms with Crippen molar-refractivity contribution in [2.24, 2.45) is 5.10 Å². The van der Waals surface area contributed by atoms with Crippen LogP contribution in [0.2, 0.25) is 0 Å². The Balaban J connectivity index is 0.000000348. The third-order valence-corrected chi connectivity index (χ3v) is 4.67. The number of ether oxygens (including phenoxy) is 1. The molecule has 5 nitrogen and oxygen atoms in total. The summed E-state index contributed by atoms with van der Waals surface area (Å²) >= 11 is 0.